The number of halogens is 3. The van der Waals surface area contributed by atoms with Crippen molar-refractivity contribution in [2.45, 2.75) is 12.3 Å². The van der Waals surface area contributed by atoms with Gasteiger partial charge in [-0.25, -0.2) is 0 Å². The molecule has 0 bridgehead atoms. The van der Waals surface area contributed by atoms with Gasteiger partial charge in [-0.15, -0.1) is 11.3 Å². The summed E-state index contributed by atoms with van der Waals surface area (Å²) in [6.45, 7) is -0.833. The maximum Gasteiger partial charge on any atom is 0.416 e. The van der Waals surface area contributed by atoms with E-state index in [-0.39, 0.29) is 0 Å². The zero-order valence-electron chi connectivity index (χ0n) is 7.41. The van der Waals surface area contributed by atoms with Crippen LogP contribution in [-0.2, 0) is 0 Å². The second-order valence-electron chi connectivity index (χ2n) is 2.74. The molecule has 1 atom stereocenters. The topological polar surface area (TPSA) is 49.3 Å². The third-order valence-electron chi connectivity index (χ3n) is 1.58. The van der Waals surface area contributed by atoms with Crippen LogP contribution in [0.2, 0.25) is 0 Å². The molecule has 15 heavy (non-hydrogen) atoms. The highest BCUT2D eigenvalue weighted by atomic mass is 32.1. The van der Waals surface area contributed by atoms with Crippen LogP contribution in [0.1, 0.15) is 9.67 Å². The van der Waals surface area contributed by atoms with Crippen LogP contribution in [0.25, 0.3) is 0 Å². The first-order valence-corrected chi connectivity index (χ1v) is 4.85. The van der Waals surface area contributed by atoms with E-state index in [1.54, 1.807) is 11.4 Å². The van der Waals surface area contributed by atoms with E-state index in [9.17, 15) is 18.0 Å². The number of thiophene rings is 1. The Kier molecular flexibility index (Phi) is 3.70. The smallest absolute Gasteiger partial charge is 0.382 e. The second-order valence-corrected chi connectivity index (χ2v) is 3.69. The molecule has 2 N–H and O–H groups in total. The van der Waals surface area contributed by atoms with Gasteiger partial charge < -0.3 is 10.4 Å². The van der Waals surface area contributed by atoms with Crippen LogP contribution in [0.3, 0.4) is 0 Å². The summed E-state index contributed by atoms with van der Waals surface area (Å²) >= 11 is 1.12. The second kappa shape index (κ2) is 4.63. The molecule has 0 aromatic carbocycles. The molecule has 0 aliphatic rings. The number of amides is 1. The standard InChI is InChI=1S/C8H8F3NO2S/c9-8(10,11)6(13)4-12-7(14)5-2-1-3-15-5/h1-3,6,13H,4H2,(H,12,14). The zero-order valence-corrected chi connectivity index (χ0v) is 8.23. The fraction of sp³-hybridized carbons (Fsp3) is 0.375. The van der Waals surface area contributed by atoms with Gasteiger partial charge in [-0.2, -0.15) is 13.2 Å². The molecule has 1 aromatic rings. The molecule has 0 spiro atoms. The minimum absolute atomic E-state index is 0.310. The predicted octanol–water partition coefficient (Wildman–Crippen LogP) is 1.40. The molecule has 1 rings (SSSR count). The number of aliphatic hydroxyl groups is 1. The van der Waals surface area contributed by atoms with Gasteiger partial charge in [-0.05, 0) is 11.4 Å². The van der Waals surface area contributed by atoms with Crippen molar-refractivity contribution in [3.63, 3.8) is 0 Å². The van der Waals surface area contributed by atoms with Gasteiger partial charge >= 0.3 is 6.18 Å². The largest absolute Gasteiger partial charge is 0.416 e. The summed E-state index contributed by atoms with van der Waals surface area (Å²) < 4.78 is 35.5. The third-order valence-corrected chi connectivity index (χ3v) is 2.45. The Labute approximate surface area is 87.5 Å². The molecule has 0 saturated heterocycles. The summed E-state index contributed by atoms with van der Waals surface area (Å²) in [6.07, 6.45) is -7.23. The van der Waals surface area contributed by atoms with Crippen molar-refractivity contribution in [1.29, 1.82) is 0 Å². The van der Waals surface area contributed by atoms with Crippen LogP contribution in [0.4, 0.5) is 13.2 Å². The average molecular weight is 239 g/mol. The highest BCUT2D eigenvalue weighted by Gasteiger charge is 2.38. The van der Waals surface area contributed by atoms with Crippen LogP contribution >= 0.6 is 11.3 Å². The van der Waals surface area contributed by atoms with Gasteiger partial charge in [0.2, 0.25) is 0 Å². The van der Waals surface area contributed by atoms with Gasteiger partial charge in [0.05, 0.1) is 11.4 Å². The molecule has 1 heterocycles. The van der Waals surface area contributed by atoms with Crippen molar-refractivity contribution in [2.24, 2.45) is 0 Å². The number of hydrogen-bond donors (Lipinski definition) is 2. The van der Waals surface area contributed by atoms with E-state index in [4.69, 9.17) is 5.11 Å². The van der Waals surface area contributed by atoms with E-state index in [0.29, 0.717) is 4.88 Å². The van der Waals surface area contributed by atoms with Crippen molar-refractivity contribution in [2.75, 3.05) is 6.54 Å². The molecule has 0 saturated carbocycles. The molecule has 0 aliphatic carbocycles. The Morgan fingerprint density at radius 2 is 2.27 bits per heavy atom. The Balaban J connectivity index is 2.42. The van der Waals surface area contributed by atoms with Gasteiger partial charge in [0.15, 0.2) is 6.10 Å². The molecule has 7 heteroatoms. The van der Waals surface area contributed by atoms with Gasteiger partial charge in [0, 0.05) is 0 Å². The Bertz CT molecular complexity index is 323. The lowest BCUT2D eigenvalue weighted by Crippen LogP contribution is -2.40. The monoisotopic (exact) mass is 239 g/mol. The number of aliphatic hydroxyl groups excluding tert-OH is 1. The lowest BCUT2D eigenvalue weighted by atomic mass is 10.3. The van der Waals surface area contributed by atoms with E-state index in [0.717, 1.165) is 11.3 Å². The minimum Gasteiger partial charge on any atom is -0.382 e. The average Bonchev–Trinajstić information content (AvgIpc) is 2.64. The predicted molar refractivity (Wildman–Crippen MR) is 48.7 cm³/mol. The van der Waals surface area contributed by atoms with Crippen molar-refractivity contribution in [3.8, 4) is 0 Å². The maximum absolute atomic E-state index is 11.8. The molecule has 0 radical (unpaired) electrons. The highest BCUT2D eigenvalue weighted by Crippen LogP contribution is 2.19. The van der Waals surface area contributed by atoms with E-state index in [2.05, 4.69) is 0 Å². The van der Waals surface area contributed by atoms with Crippen molar-refractivity contribution >= 4 is 17.2 Å². The number of rotatable bonds is 3. The molecule has 1 amide bonds. The van der Waals surface area contributed by atoms with Gasteiger partial charge in [0.25, 0.3) is 5.91 Å². The summed E-state index contributed by atoms with van der Waals surface area (Å²) in [5.74, 6) is -0.617. The maximum atomic E-state index is 11.8. The van der Waals surface area contributed by atoms with Crippen LogP contribution in [-0.4, -0.2) is 29.8 Å². The molecular weight excluding hydrogens is 231 g/mol. The van der Waals surface area contributed by atoms with E-state index in [1.165, 1.54) is 6.07 Å². The molecule has 1 aromatic heterocycles. The van der Waals surface area contributed by atoms with Crippen LogP contribution in [0, 0.1) is 0 Å². The molecule has 0 aliphatic heterocycles. The Morgan fingerprint density at radius 3 is 2.73 bits per heavy atom. The number of hydrogen-bond acceptors (Lipinski definition) is 3. The Hall–Kier alpha value is -1.08. The fourth-order valence-electron chi connectivity index (χ4n) is 0.800. The van der Waals surface area contributed by atoms with Gasteiger partial charge in [-0.3, -0.25) is 4.79 Å². The van der Waals surface area contributed by atoms with E-state index >= 15 is 0 Å². The zero-order chi connectivity index (χ0) is 11.5. The number of carbonyl (C=O) groups is 1. The lowest BCUT2D eigenvalue weighted by molar-refractivity contribution is -0.201. The number of nitrogens with one attached hydrogen (secondary N) is 1. The first-order chi connectivity index (χ1) is 6.91. The summed E-state index contributed by atoms with van der Waals surface area (Å²) in [4.78, 5) is 11.5. The highest BCUT2D eigenvalue weighted by molar-refractivity contribution is 7.12. The molecular formula is C8H8F3NO2S. The van der Waals surface area contributed by atoms with Crippen LogP contribution < -0.4 is 5.32 Å². The van der Waals surface area contributed by atoms with Gasteiger partial charge in [0.1, 0.15) is 0 Å². The summed E-state index contributed by atoms with van der Waals surface area (Å²) in [5, 5.41) is 12.2. The van der Waals surface area contributed by atoms with E-state index < -0.39 is 24.7 Å². The van der Waals surface area contributed by atoms with Crippen molar-refractivity contribution in [3.05, 3.63) is 22.4 Å². The summed E-state index contributed by atoms with van der Waals surface area (Å²) in [7, 11) is 0. The number of carbonyl (C=O) groups excluding carboxylic acids is 1. The molecule has 0 fully saturated rings. The Morgan fingerprint density at radius 1 is 1.60 bits per heavy atom. The fourth-order valence-corrected chi connectivity index (χ4v) is 1.44. The minimum atomic E-state index is -4.71. The first kappa shape index (κ1) is 12.0. The lowest BCUT2D eigenvalue weighted by Gasteiger charge is -2.14. The SMILES string of the molecule is O=C(NCC(O)C(F)(F)F)c1cccs1. The van der Waals surface area contributed by atoms with Gasteiger partial charge in [-0.1, -0.05) is 6.07 Å². The van der Waals surface area contributed by atoms with E-state index in [1.807, 2.05) is 5.32 Å². The normalized spacial score (nSPS) is 13.6. The quantitative estimate of drug-likeness (QED) is 0.837. The number of alkyl halides is 3. The third kappa shape index (κ3) is 3.52. The molecule has 3 nitrogen and oxygen atoms in total. The summed E-state index contributed by atoms with van der Waals surface area (Å²) in [6, 6.07) is 3.10. The van der Waals surface area contributed by atoms with Crippen LogP contribution in [0.15, 0.2) is 17.5 Å². The molecule has 84 valence electrons. The van der Waals surface area contributed by atoms with Crippen molar-refractivity contribution in [1.82, 2.24) is 5.32 Å². The summed E-state index contributed by atoms with van der Waals surface area (Å²) in [5.41, 5.74) is 0. The first-order valence-electron chi connectivity index (χ1n) is 3.97. The molecule has 1 unspecified atom stereocenters. The van der Waals surface area contributed by atoms with Crippen LogP contribution in [0.5, 0.6) is 0 Å². The van der Waals surface area contributed by atoms with Crippen molar-refractivity contribution < 1.29 is 23.1 Å².